The number of rotatable bonds is 10. The van der Waals surface area contributed by atoms with Gasteiger partial charge in [-0.1, -0.05) is 51.1 Å². The van der Waals surface area contributed by atoms with Crippen LogP contribution in [0.2, 0.25) is 0 Å². The van der Waals surface area contributed by atoms with Gasteiger partial charge in [0.25, 0.3) is 0 Å². The normalized spacial score (nSPS) is 20.3. The van der Waals surface area contributed by atoms with E-state index in [0.29, 0.717) is 29.8 Å². The van der Waals surface area contributed by atoms with Crippen LogP contribution in [0.4, 0.5) is 4.39 Å². The summed E-state index contributed by atoms with van der Waals surface area (Å²) in [6.45, 7) is 7.01. The van der Waals surface area contributed by atoms with E-state index >= 15 is 4.39 Å². The summed E-state index contributed by atoms with van der Waals surface area (Å²) in [6.07, 6.45) is 5.51. The number of methoxy groups -OCH3 is 1. The van der Waals surface area contributed by atoms with Gasteiger partial charge in [-0.05, 0) is 107 Å². The zero-order chi connectivity index (χ0) is 27.7. The molecule has 1 fully saturated rings. The fraction of sp³-hybridized carbons (Fsp3) is 0.382. The summed E-state index contributed by atoms with van der Waals surface area (Å²) in [5.74, 6) is 1.25. The lowest BCUT2D eigenvalue weighted by atomic mass is 9.79. The molecule has 2 aliphatic rings. The Labute approximate surface area is 230 Å². The van der Waals surface area contributed by atoms with E-state index in [9.17, 15) is 9.90 Å². The largest absolute Gasteiger partial charge is 0.497 e. The van der Waals surface area contributed by atoms with Gasteiger partial charge in [0.1, 0.15) is 23.9 Å². The Balaban J connectivity index is 1.44. The van der Waals surface area contributed by atoms with Crippen molar-refractivity contribution in [3.8, 4) is 22.6 Å². The van der Waals surface area contributed by atoms with Gasteiger partial charge in [-0.25, -0.2) is 4.39 Å². The molecule has 5 heteroatoms. The number of hydrogen-bond acceptors (Lipinski definition) is 3. The summed E-state index contributed by atoms with van der Waals surface area (Å²) in [5.41, 5.74) is 5.59. The Morgan fingerprint density at radius 1 is 1.05 bits per heavy atom. The predicted octanol–water partition coefficient (Wildman–Crippen LogP) is 8.50. The predicted molar refractivity (Wildman–Crippen MR) is 152 cm³/mol. The minimum absolute atomic E-state index is 0.00114. The second-order valence-electron chi connectivity index (χ2n) is 11.7. The minimum atomic E-state index is -0.769. The fourth-order valence-corrected chi connectivity index (χ4v) is 6.06. The summed E-state index contributed by atoms with van der Waals surface area (Å²) in [7, 11) is 1.59. The first-order valence-electron chi connectivity index (χ1n) is 13.8. The Morgan fingerprint density at radius 3 is 2.51 bits per heavy atom. The summed E-state index contributed by atoms with van der Waals surface area (Å²) in [6, 6.07) is 18.8. The third-order valence-electron chi connectivity index (χ3n) is 8.46. The van der Waals surface area contributed by atoms with Gasteiger partial charge in [0.05, 0.1) is 13.5 Å². The number of allylic oxidation sites excluding steroid dienone is 2. The first-order valence-corrected chi connectivity index (χ1v) is 13.8. The number of benzene rings is 3. The average Bonchev–Trinajstić information content (AvgIpc) is 3.53. The van der Waals surface area contributed by atoms with E-state index in [1.807, 2.05) is 36.4 Å². The first-order chi connectivity index (χ1) is 18.7. The van der Waals surface area contributed by atoms with Crippen molar-refractivity contribution in [3.63, 3.8) is 0 Å². The SMILES string of the molecule is COc1ccc(F)c(-c2ccc(COc3cccc([C@H](CC(=O)O)[C@@H]4C[C@H]4C)c3)cc2C2=CCCC2(C)C)c1. The van der Waals surface area contributed by atoms with E-state index in [1.165, 1.54) is 11.6 Å². The molecule has 0 aromatic heterocycles. The summed E-state index contributed by atoms with van der Waals surface area (Å²) < 4.78 is 26.7. The molecule has 5 rings (SSSR count). The van der Waals surface area contributed by atoms with Gasteiger partial charge >= 0.3 is 5.97 Å². The van der Waals surface area contributed by atoms with E-state index < -0.39 is 5.97 Å². The van der Waals surface area contributed by atoms with Crippen LogP contribution >= 0.6 is 0 Å². The van der Waals surface area contributed by atoms with Crippen molar-refractivity contribution in [3.05, 3.63) is 89.2 Å². The number of carbonyl (C=O) groups is 1. The fourth-order valence-electron chi connectivity index (χ4n) is 6.06. The highest BCUT2D eigenvalue weighted by molar-refractivity contribution is 5.85. The molecule has 3 aromatic carbocycles. The van der Waals surface area contributed by atoms with E-state index in [-0.39, 0.29) is 23.6 Å². The Bertz CT molecular complexity index is 1410. The topological polar surface area (TPSA) is 55.8 Å². The summed E-state index contributed by atoms with van der Waals surface area (Å²) in [5, 5.41) is 9.47. The van der Waals surface area contributed by atoms with Gasteiger partial charge in [-0.2, -0.15) is 0 Å². The maximum Gasteiger partial charge on any atom is 0.303 e. The van der Waals surface area contributed by atoms with Crippen LogP contribution in [-0.4, -0.2) is 18.2 Å². The molecule has 0 bridgehead atoms. The third-order valence-corrected chi connectivity index (χ3v) is 8.46. The summed E-state index contributed by atoms with van der Waals surface area (Å²) >= 11 is 0. The van der Waals surface area contributed by atoms with Crippen LogP contribution in [0.15, 0.2) is 66.7 Å². The minimum Gasteiger partial charge on any atom is -0.497 e. The van der Waals surface area contributed by atoms with Crippen LogP contribution in [0, 0.1) is 23.1 Å². The number of hydrogen-bond donors (Lipinski definition) is 1. The zero-order valence-electron chi connectivity index (χ0n) is 23.2. The molecule has 0 aliphatic heterocycles. The van der Waals surface area contributed by atoms with E-state index in [4.69, 9.17) is 9.47 Å². The lowest BCUT2D eigenvalue weighted by Gasteiger charge is -2.25. The van der Waals surface area contributed by atoms with Crippen molar-refractivity contribution in [1.82, 2.24) is 0 Å². The molecule has 0 unspecified atom stereocenters. The molecular formula is C34H37FO4. The number of halogens is 1. The molecule has 39 heavy (non-hydrogen) atoms. The van der Waals surface area contributed by atoms with Crippen LogP contribution < -0.4 is 9.47 Å². The van der Waals surface area contributed by atoms with Gasteiger partial charge in [0, 0.05) is 5.56 Å². The molecule has 1 saturated carbocycles. The van der Waals surface area contributed by atoms with Gasteiger partial charge < -0.3 is 14.6 Å². The van der Waals surface area contributed by atoms with Crippen LogP contribution in [0.3, 0.4) is 0 Å². The standard InChI is InChI=1S/C34H37FO4/c1-21-15-27(21)28(19-33(36)37)23-7-5-8-25(17-23)39-20-22-10-12-26(30-18-24(38-4)11-13-32(30)35)29(16-22)31-9-6-14-34(31,2)3/h5,7-13,16-18,21,27-28H,6,14-15,19-20H2,1-4H3,(H,36,37)/t21-,27-,28+/m1/s1. The van der Waals surface area contributed by atoms with Crippen molar-refractivity contribution < 1.29 is 23.8 Å². The maximum atomic E-state index is 15.1. The maximum absolute atomic E-state index is 15.1. The molecule has 3 atom stereocenters. The van der Waals surface area contributed by atoms with Gasteiger partial charge in [-0.15, -0.1) is 0 Å². The Kier molecular flexibility index (Phi) is 7.53. The van der Waals surface area contributed by atoms with Crippen molar-refractivity contribution in [2.45, 2.75) is 59.0 Å². The van der Waals surface area contributed by atoms with E-state index in [1.54, 1.807) is 19.2 Å². The lowest BCUT2D eigenvalue weighted by Crippen LogP contribution is -2.11. The Morgan fingerprint density at radius 2 is 1.85 bits per heavy atom. The molecule has 0 amide bonds. The highest BCUT2D eigenvalue weighted by atomic mass is 19.1. The third kappa shape index (κ3) is 5.88. The highest BCUT2D eigenvalue weighted by Crippen LogP contribution is 2.50. The molecule has 204 valence electrons. The van der Waals surface area contributed by atoms with Crippen LogP contribution in [0.1, 0.15) is 69.1 Å². The van der Waals surface area contributed by atoms with Crippen LogP contribution in [0.25, 0.3) is 16.7 Å². The Hall–Kier alpha value is -3.60. The number of ether oxygens (including phenoxy) is 2. The first kappa shape index (κ1) is 27.0. The molecule has 3 aromatic rings. The number of carboxylic acids is 1. The van der Waals surface area contributed by atoms with Gasteiger partial charge in [-0.3, -0.25) is 4.79 Å². The average molecular weight is 529 g/mol. The molecule has 0 spiro atoms. The molecule has 2 aliphatic carbocycles. The molecule has 0 saturated heterocycles. The second kappa shape index (κ2) is 10.9. The van der Waals surface area contributed by atoms with Crippen molar-refractivity contribution in [2.24, 2.45) is 17.3 Å². The highest BCUT2D eigenvalue weighted by Gasteiger charge is 2.41. The smallest absolute Gasteiger partial charge is 0.303 e. The molecule has 4 nitrogen and oxygen atoms in total. The number of carboxylic acid groups (broad SMARTS) is 1. The molecular weight excluding hydrogens is 491 g/mol. The monoisotopic (exact) mass is 528 g/mol. The van der Waals surface area contributed by atoms with Crippen LogP contribution in [0.5, 0.6) is 11.5 Å². The van der Waals surface area contributed by atoms with Crippen molar-refractivity contribution >= 4 is 11.5 Å². The second-order valence-corrected chi connectivity index (χ2v) is 11.7. The van der Waals surface area contributed by atoms with E-state index in [0.717, 1.165) is 47.3 Å². The van der Waals surface area contributed by atoms with Gasteiger partial charge in [0.15, 0.2) is 0 Å². The van der Waals surface area contributed by atoms with E-state index in [2.05, 4.69) is 32.9 Å². The number of aliphatic carboxylic acids is 1. The molecule has 1 N–H and O–H groups in total. The molecule has 0 radical (unpaired) electrons. The van der Waals surface area contributed by atoms with Crippen LogP contribution in [-0.2, 0) is 11.4 Å². The lowest BCUT2D eigenvalue weighted by molar-refractivity contribution is -0.137. The van der Waals surface area contributed by atoms with Crippen molar-refractivity contribution in [1.29, 1.82) is 0 Å². The zero-order valence-corrected chi connectivity index (χ0v) is 23.2. The van der Waals surface area contributed by atoms with Gasteiger partial charge in [0.2, 0.25) is 0 Å². The summed E-state index contributed by atoms with van der Waals surface area (Å²) in [4.78, 5) is 11.5. The van der Waals surface area contributed by atoms with Crippen molar-refractivity contribution in [2.75, 3.05) is 7.11 Å². The quantitative estimate of drug-likeness (QED) is 0.287. The molecule has 0 heterocycles.